The second kappa shape index (κ2) is 5.16. The molecule has 26 heavy (non-hydrogen) atoms. The maximum atomic E-state index is 6.66. The zero-order valence-corrected chi connectivity index (χ0v) is 15.2. The molecular formula is C23H12ClNS. The molecule has 4 aromatic carbocycles. The fraction of sp³-hybridized carbons (Fsp3) is 0. The average molecular weight is 370 g/mol. The molecule has 1 nitrogen and oxygen atoms in total. The standard InChI is InChI=1S/C23H12ClNS/c24-23-22-20(17-11-5-6-12-18(17)26-22)19-15-9-3-1-7-13(15)14-8-2-4-10-16(14)21(19)25-23/h1-12H. The van der Waals surface area contributed by atoms with Gasteiger partial charge in [-0.25, -0.2) is 4.98 Å². The molecule has 0 saturated heterocycles. The second-order valence-corrected chi connectivity index (χ2v) is 7.93. The van der Waals surface area contributed by atoms with Crippen molar-refractivity contribution in [1.82, 2.24) is 4.98 Å². The minimum atomic E-state index is 0.592. The van der Waals surface area contributed by atoms with Gasteiger partial charge in [-0.15, -0.1) is 11.3 Å². The highest BCUT2D eigenvalue weighted by Gasteiger charge is 2.18. The van der Waals surface area contributed by atoms with Crippen molar-refractivity contribution in [2.75, 3.05) is 0 Å². The van der Waals surface area contributed by atoms with Crippen molar-refractivity contribution in [2.45, 2.75) is 0 Å². The highest BCUT2D eigenvalue weighted by Crippen LogP contribution is 2.45. The molecule has 0 fully saturated rings. The molecule has 2 aromatic heterocycles. The van der Waals surface area contributed by atoms with Crippen molar-refractivity contribution in [3.05, 3.63) is 77.9 Å². The molecule has 0 amide bonds. The molecule has 2 heterocycles. The van der Waals surface area contributed by atoms with Gasteiger partial charge in [-0.05, 0) is 22.2 Å². The molecule has 6 aromatic rings. The summed E-state index contributed by atoms with van der Waals surface area (Å²) in [5.74, 6) is 0. The van der Waals surface area contributed by atoms with Gasteiger partial charge in [0.05, 0.1) is 10.2 Å². The quantitative estimate of drug-likeness (QED) is 0.199. The van der Waals surface area contributed by atoms with Crippen molar-refractivity contribution >= 4 is 75.6 Å². The van der Waals surface area contributed by atoms with Crippen molar-refractivity contribution in [2.24, 2.45) is 0 Å². The summed E-state index contributed by atoms with van der Waals surface area (Å²) < 4.78 is 2.32. The van der Waals surface area contributed by atoms with Crippen LogP contribution in [0.3, 0.4) is 0 Å². The Kier molecular flexibility index (Phi) is 2.88. The molecule has 0 spiro atoms. The summed E-state index contributed by atoms with van der Waals surface area (Å²) in [6, 6.07) is 25.6. The smallest absolute Gasteiger partial charge is 0.147 e. The molecule has 0 radical (unpaired) electrons. The highest BCUT2D eigenvalue weighted by molar-refractivity contribution is 7.26. The molecule has 0 N–H and O–H groups in total. The van der Waals surface area contributed by atoms with E-state index in [1.165, 1.54) is 37.0 Å². The Labute approximate surface area is 158 Å². The number of hydrogen-bond acceptors (Lipinski definition) is 2. The Bertz CT molecular complexity index is 1500. The third-order valence-corrected chi connectivity index (χ3v) is 6.71. The molecule has 0 atom stereocenters. The number of thiophene rings is 1. The molecule has 0 unspecified atom stereocenters. The summed E-state index contributed by atoms with van der Waals surface area (Å²) in [7, 11) is 0. The summed E-state index contributed by atoms with van der Waals surface area (Å²) in [5, 5.41) is 9.14. The van der Waals surface area contributed by atoms with E-state index in [9.17, 15) is 0 Å². The Balaban J connectivity index is 2.08. The number of halogens is 1. The molecule has 122 valence electrons. The third-order valence-electron chi connectivity index (χ3n) is 5.15. The summed E-state index contributed by atoms with van der Waals surface area (Å²) in [4.78, 5) is 4.85. The molecule has 0 bridgehead atoms. The molecule has 3 heteroatoms. The van der Waals surface area contributed by atoms with Gasteiger partial charge in [-0.3, -0.25) is 0 Å². The monoisotopic (exact) mass is 369 g/mol. The van der Waals surface area contributed by atoms with E-state index in [1.807, 2.05) is 0 Å². The van der Waals surface area contributed by atoms with Gasteiger partial charge in [0.1, 0.15) is 5.15 Å². The van der Waals surface area contributed by atoms with Crippen molar-refractivity contribution < 1.29 is 0 Å². The van der Waals surface area contributed by atoms with Gasteiger partial charge in [0.2, 0.25) is 0 Å². The summed E-state index contributed by atoms with van der Waals surface area (Å²) in [6.45, 7) is 0. The number of rotatable bonds is 0. The Morgan fingerprint density at radius 1 is 0.615 bits per heavy atom. The van der Waals surface area contributed by atoms with Crippen LogP contribution in [0.25, 0.3) is 52.6 Å². The number of aromatic nitrogens is 1. The van der Waals surface area contributed by atoms with E-state index < -0.39 is 0 Å². The van der Waals surface area contributed by atoms with Gasteiger partial charge in [0.25, 0.3) is 0 Å². The summed E-state index contributed by atoms with van der Waals surface area (Å²) in [6.07, 6.45) is 0. The normalized spacial score (nSPS) is 12.0. The van der Waals surface area contributed by atoms with Gasteiger partial charge in [0, 0.05) is 26.2 Å². The van der Waals surface area contributed by atoms with Crippen LogP contribution in [0.5, 0.6) is 0 Å². The highest BCUT2D eigenvalue weighted by atomic mass is 35.5. The van der Waals surface area contributed by atoms with Gasteiger partial charge in [-0.1, -0.05) is 78.3 Å². The topological polar surface area (TPSA) is 12.9 Å². The number of nitrogens with zero attached hydrogens (tertiary/aromatic N) is 1. The van der Waals surface area contributed by atoms with Crippen LogP contribution in [0, 0.1) is 0 Å². The first-order valence-electron chi connectivity index (χ1n) is 8.53. The van der Waals surface area contributed by atoms with E-state index in [0.717, 1.165) is 15.6 Å². The van der Waals surface area contributed by atoms with E-state index >= 15 is 0 Å². The van der Waals surface area contributed by atoms with Crippen LogP contribution < -0.4 is 0 Å². The molecule has 0 saturated carbocycles. The lowest BCUT2D eigenvalue weighted by Gasteiger charge is -2.11. The first-order valence-corrected chi connectivity index (χ1v) is 9.72. The first kappa shape index (κ1) is 14.5. The average Bonchev–Trinajstić information content (AvgIpc) is 3.09. The maximum absolute atomic E-state index is 6.66. The van der Waals surface area contributed by atoms with E-state index in [0.29, 0.717) is 5.15 Å². The molecule has 0 aliphatic heterocycles. The minimum Gasteiger partial charge on any atom is -0.234 e. The Hall–Kier alpha value is -2.68. The summed E-state index contributed by atoms with van der Waals surface area (Å²) >= 11 is 8.38. The third kappa shape index (κ3) is 1.78. The van der Waals surface area contributed by atoms with Crippen LogP contribution in [0.15, 0.2) is 72.8 Å². The van der Waals surface area contributed by atoms with Crippen LogP contribution >= 0.6 is 22.9 Å². The fourth-order valence-electron chi connectivity index (χ4n) is 4.08. The SMILES string of the molecule is Clc1nc2c3ccccc3c3ccccc3c2c2c1sc1ccccc12. The lowest BCUT2D eigenvalue weighted by molar-refractivity contribution is 1.47. The number of pyridine rings is 1. The van der Waals surface area contributed by atoms with Crippen LogP contribution in [0.4, 0.5) is 0 Å². The van der Waals surface area contributed by atoms with E-state index in [4.69, 9.17) is 16.6 Å². The summed E-state index contributed by atoms with van der Waals surface area (Å²) in [5.41, 5.74) is 0.986. The number of hydrogen-bond donors (Lipinski definition) is 0. The zero-order chi connectivity index (χ0) is 17.3. The molecule has 6 rings (SSSR count). The Morgan fingerprint density at radius 2 is 1.19 bits per heavy atom. The van der Waals surface area contributed by atoms with Gasteiger partial charge in [-0.2, -0.15) is 0 Å². The van der Waals surface area contributed by atoms with Crippen LogP contribution in [0.1, 0.15) is 0 Å². The first-order chi connectivity index (χ1) is 12.8. The largest absolute Gasteiger partial charge is 0.234 e. The molecule has 0 aliphatic rings. The van der Waals surface area contributed by atoms with Gasteiger partial charge in [0.15, 0.2) is 0 Å². The fourth-order valence-corrected chi connectivity index (χ4v) is 5.47. The van der Waals surface area contributed by atoms with Crippen LogP contribution in [-0.2, 0) is 0 Å². The van der Waals surface area contributed by atoms with Crippen LogP contribution in [0.2, 0.25) is 5.15 Å². The minimum absolute atomic E-state index is 0.592. The predicted molar refractivity (Wildman–Crippen MR) is 115 cm³/mol. The lowest BCUT2D eigenvalue weighted by atomic mass is 9.95. The predicted octanol–water partition coefficient (Wildman–Crippen LogP) is 7.56. The van der Waals surface area contributed by atoms with Crippen molar-refractivity contribution in [3.63, 3.8) is 0 Å². The number of fused-ring (bicyclic) bond motifs is 10. The second-order valence-electron chi connectivity index (χ2n) is 6.52. The Morgan fingerprint density at radius 3 is 1.96 bits per heavy atom. The number of benzene rings is 4. The van der Waals surface area contributed by atoms with Crippen molar-refractivity contribution in [1.29, 1.82) is 0 Å². The zero-order valence-electron chi connectivity index (χ0n) is 13.7. The molecular weight excluding hydrogens is 358 g/mol. The molecule has 0 aliphatic carbocycles. The van der Waals surface area contributed by atoms with E-state index in [1.54, 1.807) is 11.3 Å². The van der Waals surface area contributed by atoms with Crippen molar-refractivity contribution in [3.8, 4) is 0 Å². The van der Waals surface area contributed by atoms with Crippen LogP contribution in [-0.4, -0.2) is 4.98 Å². The lowest BCUT2D eigenvalue weighted by Crippen LogP contribution is -1.87. The van der Waals surface area contributed by atoms with Gasteiger partial charge >= 0.3 is 0 Å². The maximum Gasteiger partial charge on any atom is 0.147 e. The van der Waals surface area contributed by atoms with Gasteiger partial charge < -0.3 is 0 Å². The van der Waals surface area contributed by atoms with E-state index in [-0.39, 0.29) is 0 Å². The van der Waals surface area contributed by atoms with E-state index in [2.05, 4.69) is 72.8 Å².